The number of hydrogen-bond acceptors (Lipinski definition) is 4. The molecule has 0 saturated heterocycles. The molecule has 17 heavy (non-hydrogen) atoms. The van der Waals surface area contributed by atoms with Crippen LogP contribution in [0.25, 0.3) is 0 Å². The minimum atomic E-state index is -1.15. The molecule has 0 radical (unpaired) electrons. The highest BCUT2D eigenvalue weighted by Crippen LogP contribution is 2.22. The lowest BCUT2D eigenvalue weighted by Crippen LogP contribution is -2.29. The number of aromatic nitrogens is 1. The van der Waals surface area contributed by atoms with E-state index in [1.54, 1.807) is 24.4 Å². The molecular formula is C11H11N3O3. The molecule has 1 aliphatic heterocycles. The van der Waals surface area contributed by atoms with Gasteiger partial charge in [-0.2, -0.15) is 0 Å². The summed E-state index contributed by atoms with van der Waals surface area (Å²) in [6.45, 7) is 0.197. The van der Waals surface area contributed by atoms with Crippen molar-refractivity contribution in [1.29, 1.82) is 0 Å². The van der Waals surface area contributed by atoms with Crippen LogP contribution in [0.15, 0.2) is 35.8 Å². The van der Waals surface area contributed by atoms with Gasteiger partial charge in [-0.15, -0.1) is 0 Å². The van der Waals surface area contributed by atoms with Gasteiger partial charge in [0.2, 0.25) is 5.91 Å². The molecular weight excluding hydrogens is 222 g/mol. The summed E-state index contributed by atoms with van der Waals surface area (Å²) in [5, 5.41) is 8.85. The highest BCUT2D eigenvalue weighted by atomic mass is 16.4. The summed E-state index contributed by atoms with van der Waals surface area (Å²) >= 11 is 0. The molecule has 3 N–H and O–H groups in total. The monoisotopic (exact) mass is 233 g/mol. The predicted octanol–water partition coefficient (Wildman–Crippen LogP) is 0.0688. The minimum Gasteiger partial charge on any atom is -0.478 e. The van der Waals surface area contributed by atoms with Crippen LogP contribution in [0.4, 0.5) is 0 Å². The van der Waals surface area contributed by atoms with Gasteiger partial charge in [-0.25, -0.2) is 4.79 Å². The second kappa shape index (κ2) is 4.25. The Morgan fingerprint density at radius 2 is 2.29 bits per heavy atom. The molecule has 0 spiro atoms. The molecule has 1 aliphatic rings. The number of aliphatic carboxylic acids is 1. The lowest BCUT2D eigenvalue weighted by atomic mass is 10.2. The predicted molar refractivity (Wildman–Crippen MR) is 58.3 cm³/mol. The summed E-state index contributed by atoms with van der Waals surface area (Å²) in [6, 6.07) is 5.30. The number of nitrogens with two attached hydrogens (primary N) is 1. The van der Waals surface area contributed by atoms with Crippen LogP contribution in [0.3, 0.4) is 0 Å². The number of carboxylic acids is 1. The molecule has 0 unspecified atom stereocenters. The van der Waals surface area contributed by atoms with Crippen LogP contribution in [-0.2, 0) is 16.1 Å². The number of nitrogens with zero attached hydrogens (tertiary/aromatic N) is 2. The fourth-order valence-electron chi connectivity index (χ4n) is 1.65. The molecule has 0 atom stereocenters. The number of carbonyl (C=O) groups excluding carboxylic acids is 1. The Morgan fingerprint density at radius 1 is 1.53 bits per heavy atom. The van der Waals surface area contributed by atoms with E-state index in [2.05, 4.69) is 4.98 Å². The summed E-state index contributed by atoms with van der Waals surface area (Å²) < 4.78 is 0. The average molecular weight is 233 g/mol. The van der Waals surface area contributed by atoms with Gasteiger partial charge in [0, 0.05) is 6.20 Å². The van der Waals surface area contributed by atoms with E-state index in [4.69, 9.17) is 10.8 Å². The zero-order chi connectivity index (χ0) is 12.4. The Kier molecular flexibility index (Phi) is 2.78. The Bertz CT molecular complexity index is 496. The van der Waals surface area contributed by atoms with Crippen LogP contribution >= 0.6 is 0 Å². The fraction of sp³-hybridized carbons (Fsp3) is 0.182. The van der Waals surface area contributed by atoms with Crippen LogP contribution in [-0.4, -0.2) is 26.9 Å². The third-order valence-electron chi connectivity index (χ3n) is 2.53. The van der Waals surface area contributed by atoms with Gasteiger partial charge in [0.1, 0.15) is 5.82 Å². The molecule has 1 amide bonds. The second-order valence-electron chi connectivity index (χ2n) is 3.65. The second-order valence-corrected chi connectivity index (χ2v) is 3.65. The molecule has 88 valence electrons. The normalized spacial score (nSPS) is 15.5. The van der Waals surface area contributed by atoms with Gasteiger partial charge < -0.3 is 10.8 Å². The lowest BCUT2D eigenvalue weighted by molar-refractivity contribution is -0.134. The van der Waals surface area contributed by atoms with Gasteiger partial charge in [-0.1, -0.05) is 6.07 Å². The van der Waals surface area contributed by atoms with Crippen molar-refractivity contribution in [3.05, 3.63) is 41.5 Å². The fourth-order valence-corrected chi connectivity index (χ4v) is 1.65. The van der Waals surface area contributed by atoms with Gasteiger partial charge in [-0.3, -0.25) is 14.7 Å². The number of pyridine rings is 1. The van der Waals surface area contributed by atoms with Crippen molar-refractivity contribution < 1.29 is 14.7 Å². The summed E-state index contributed by atoms with van der Waals surface area (Å²) in [6.07, 6.45) is 1.45. The summed E-state index contributed by atoms with van der Waals surface area (Å²) in [5.41, 5.74) is 6.25. The van der Waals surface area contributed by atoms with Crippen LogP contribution in [0, 0.1) is 0 Å². The largest absolute Gasteiger partial charge is 0.478 e. The first kappa shape index (κ1) is 11.1. The van der Waals surface area contributed by atoms with Crippen molar-refractivity contribution in [3.8, 4) is 0 Å². The van der Waals surface area contributed by atoms with Gasteiger partial charge in [-0.05, 0) is 12.1 Å². The maximum Gasteiger partial charge on any atom is 0.335 e. The highest BCUT2D eigenvalue weighted by molar-refractivity contribution is 5.98. The van der Waals surface area contributed by atoms with E-state index in [-0.39, 0.29) is 30.3 Å². The molecule has 0 saturated carbocycles. The lowest BCUT2D eigenvalue weighted by Gasteiger charge is -2.16. The SMILES string of the molecule is NC1=C(C(=O)O)CC(=O)N1Cc1ccccn1. The van der Waals surface area contributed by atoms with Gasteiger partial charge in [0.05, 0.1) is 24.2 Å². The Balaban J connectivity index is 2.22. The molecule has 0 aromatic carbocycles. The van der Waals surface area contributed by atoms with Crippen molar-refractivity contribution >= 4 is 11.9 Å². The average Bonchev–Trinajstić information content (AvgIpc) is 2.58. The summed E-state index contributed by atoms with van der Waals surface area (Å²) in [7, 11) is 0. The molecule has 6 nitrogen and oxygen atoms in total. The zero-order valence-corrected chi connectivity index (χ0v) is 8.96. The highest BCUT2D eigenvalue weighted by Gasteiger charge is 2.32. The molecule has 2 heterocycles. The number of amides is 1. The minimum absolute atomic E-state index is 0.00755. The molecule has 1 aromatic rings. The van der Waals surface area contributed by atoms with Crippen LogP contribution in [0.2, 0.25) is 0 Å². The Labute approximate surface area is 97.4 Å². The van der Waals surface area contributed by atoms with E-state index in [1.165, 1.54) is 4.90 Å². The van der Waals surface area contributed by atoms with E-state index >= 15 is 0 Å². The number of carboxylic acid groups (broad SMARTS) is 1. The van der Waals surface area contributed by atoms with Crippen molar-refractivity contribution in [2.45, 2.75) is 13.0 Å². The van der Waals surface area contributed by atoms with E-state index in [0.717, 1.165) is 0 Å². The van der Waals surface area contributed by atoms with Gasteiger partial charge in [0.15, 0.2) is 0 Å². The summed E-state index contributed by atoms with van der Waals surface area (Å²) in [4.78, 5) is 27.7. The maximum absolute atomic E-state index is 11.6. The van der Waals surface area contributed by atoms with E-state index in [1.807, 2.05) is 0 Å². The number of carbonyl (C=O) groups is 2. The molecule has 2 rings (SSSR count). The third-order valence-corrected chi connectivity index (χ3v) is 2.53. The molecule has 0 aliphatic carbocycles. The van der Waals surface area contributed by atoms with Crippen molar-refractivity contribution in [1.82, 2.24) is 9.88 Å². The van der Waals surface area contributed by atoms with E-state index in [0.29, 0.717) is 5.69 Å². The maximum atomic E-state index is 11.6. The quantitative estimate of drug-likeness (QED) is 0.770. The zero-order valence-electron chi connectivity index (χ0n) is 8.96. The van der Waals surface area contributed by atoms with Crippen LogP contribution < -0.4 is 5.73 Å². The Morgan fingerprint density at radius 3 is 2.82 bits per heavy atom. The standard InChI is InChI=1S/C11H11N3O3/c12-10-8(11(16)17)5-9(15)14(10)6-7-3-1-2-4-13-7/h1-4H,5-6,12H2,(H,16,17). The first-order chi connectivity index (χ1) is 8.09. The smallest absolute Gasteiger partial charge is 0.335 e. The van der Waals surface area contributed by atoms with Crippen LogP contribution in [0.1, 0.15) is 12.1 Å². The van der Waals surface area contributed by atoms with Gasteiger partial charge in [0.25, 0.3) is 0 Å². The number of rotatable bonds is 3. The Hall–Kier alpha value is -2.37. The van der Waals surface area contributed by atoms with Crippen molar-refractivity contribution in [3.63, 3.8) is 0 Å². The van der Waals surface area contributed by atoms with Crippen molar-refractivity contribution in [2.24, 2.45) is 5.73 Å². The third kappa shape index (κ3) is 2.10. The van der Waals surface area contributed by atoms with Crippen molar-refractivity contribution in [2.75, 3.05) is 0 Å². The topological polar surface area (TPSA) is 96.5 Å². The first-order valence-corrected chi connectivity index (χ1v) is 5.02. The molecule has 1 aromatic heterocycles. The first-order valence-electron chi connectivity index (χ1n) is 5.02. The van der Waals surface area contributed by atoms with Gasteiger partial charge >= 0.3 is 5.97 Å². The number of hydrogen-bond donors (Lipinski definition) is 2. The molecule has 0 fully saturated rings. The molecule has 0 bridgehead atoms. The summed E-state index contributed by atoms with van der Waals surface area (Å²) in [5.74, 6) is -1.46. The van der Waals surface area contributed by atoms with Crippen LogP contribution in [0.5, 0.6) is 0 Å². The van der Waals surface area contributed by atoms with E-state index in [9.17, 15) is 9.59 Å². The van der Waals surface area contributed by atoms with E-state index < -0.39 is 5.97 Å². The molecule has 6 heteroatoms.